The number of nitrogens with zero attached hydrogens (tertiary/aromatic N) is 1. The van der Waals surface area contributed by atoms with Gasteiger partial charge in [0.2, 0.25) is 11.8 Å². The Hall–Kier alpha value is -2.14. The Morgan fingerprint density at radius 2 is 1.82 bits per heavy atom. The highest BCUT2D eigenvalue weighted by molar-refractivity contribution is 7.08. The number of rotatable bonds is 5. The monoisotopic (exact) mass is 396 g/mol. The summed E-state index contributed by atoms with van der Waals surface area (Å²) in [5, 5.41) is 4.20. The zero-order valence-electron chi connectivity index (χ0n) is 16.2. The van der Waals surface area contributed by atoms with E-state index in [-0.39, 0.29) is 17.7 Å². The van der Waals surface area contributed by atoms with E-state index in [1.165, 1.54) is 17.5 Å². The van der Waals surface area contributed by atoms with Crippen molar-refractivity contribution in [3.63, 3.8) is 0 Å². The van der Waals surface area contributed by atoms with Gasteiger partial charge in [-0.1, -0.05) is 43.5 Å². The van der Waals surface area contributed by atoms with E-state index in [4.69, 9.17) is 5.73 Å². The van der Waals surface area contributed by atoms with E-state index < -0.39 is 5.41 Å². The summed E-state index contributed by atoms with van der Waals surface area (Å²) in [7, 11) is 0. The van der Waals surface area contributed by atoms with Gasteiger partial charge in [-0.3, -0.25) is 9.59 Å². The molecule has 4 nitrogen and oxygen atoms in total. The number of nitrogens with two attached hydrogens (primary N) is 1. The minimum atomic E-state index is -0.645. The van der Waals surface area contributed by atoms with Gasteiger partial charge < -0.3 is 10.6 Å². The number of primary amides is 1. The molecular weight excluding hydrogens is 368 g/mol. The molecule has 1 aromatic heterocycles. The van der Waals surface area contributed by atoms with E-state index >= 15 is 0 Å². The Morgan fingerprint density at radius 1 is 1.07 bits per heavy atom. The molecule has 28 heavy (non-hydrogen) atoms. The Balaban J connectivity index is 1.46. The molecule has 1 atom stereocenters. The first-order valence-electron chi connectivity index (χ1n) is 10.3. The molecule has 2 fully saturated rings. The molecular formula is C23H28N2O2S. The van der Waals surface area contributed by atoms with Crippen LogP contribution in [0.5, 0.6) is 0 Å². The van der Waals surface area contributed by atoms with E-state index in [0.717, 1.165) is 31.2 Å². The summed E-state index contributed by atoms with van der Waals surface area (Å²) >= 11 is 1.68. The summed E-state index contributed by atoms with van der Waals surface area (Å²) in [6.45, 7) is 1.11. The molecule has 2 aliphatic rings. The quantitative estimate of drug-likeness (QED) is 0.821. The number of hydrogen-bond acceptors (Lipinski definition) is 3. The normalized spacial score (nSPS) is 23.1. The lowest BCUT2D eigenvalue weighted by Crippen LogP contribution is -2.43. The number of amides is 2. The predicted molar refractivity (Wildman–Crippen MR) is 113 cm³/mol. The molecule has 2 aromatic rings. The van der Waals surface area contributed by atoms with E-state index in [1.807, 2.05) is 4.90 Å². The Labute approximate surface area is 170 Å². The van der Waals surface area contributed by atoms with Crippen LogP contribution in [0.1, 0.15) is 44.1 Å². The maximum Gasteiger partial charge on any atom is 0.225 e. The molecule has 5 heteroatoms. The van der Waals surface area contributed by atoms with Crippen LogP contribution in [0.2, 0.25) is 0 Å². The third-order valence-corrected chi connectivity index (χ3v) is 7.18. The zero-order chi connectivity index (χ0) is 19.6. The van der Waals surface area contributed by atoms with Gasteiger partial charge in [-0.05, 0) is 59.2 Å². The molecule has 1 aromatic carbocycles. The van der Waals surface area contributed by atoms with Gasteiger partial charge in [0.25, 0.3) is 0 Å². The maximum absolute atomic E-state index is 12.9. The number of thiophene rings is 1. The topological polar surface area (TPSA) is 63.4 Å². The lowest BCUT2D eigenvalue weighted by molar-refractivity contribution is -0.136. The molecule has 0 unspecified atom stereocenters. The lowest BCUT2D eigenvalue weighted by Gasteiger charge is -2.29. The van der Waals surface area contributed by atoms with Gasteiger partial charge in [-0.15, -0.1) is 0 Å². The number of benzene rings is 1. The highest BCUT2D eigenvalue weighted by atomic mass is 32.1. The average molecular weight is 397 g/mol. The Morgan fingerprint density at radius 3 is 2.46 bits per heavy atom. The first-order valence-corrected chi connectivity index (χ1v) is 11.2. The van der Waals surface area contributed by atoms with Gasteiger partial charge >= 0.3 is 0 Å². The molecule has 1 saturated heterocycles. The van der Waals surface area contributed by atoms with E-state index in [2.05, 4.69) is 41.1 Å². The molecule has 2 heterocycles. The minimum Gasteiger partial charge on any atom is -0.369 e. The number of carbonyl (C=O) groups excluding carboxylic acids is 2. The first kappa shape index (κ1) is 19.2. The number of carbonyl (C=O) groups is 2. The van der Waals surface area contributed by atoms with Crippen molar-refractivity contribution < 1.29 is 9.59 Å². The third kappa shape index (κ3) is 3.86. The smallest absolute Gasteiger partial charge is 0.225 e. The van der Waals surface area contributed by atoms with Gasteiger partial charge in [-0.25, -0.2) is 0 Å². The molecule has 1 aliphatic heterocycles. The van der Waals surface area contributed by atoms with Gasteiger partial charge in [0.1, 0.15) is 0 Å². The fourth-order valence-corrected chi connectivity index (χ4v) is 5.40. The van der Waals surface area contributed by atoms with Crippen molar-refractivity contribution in [2.75, 3.05) is 13.1 Å². The summed E-state index contributed by atoms with van der Waals surface area (Å²) in [5.41, 5.74) is 8.70. The second-order valence-corrected chi connectivity index (χ2v) is 9.16. The van der Waals surface area contributed by atoms with Crippen LogP contribution in [-0.4, -0.2) is 29.8 Å². The molecule has 0 radical (unpaired) electrons. The van der Waals surface area contributed by atoms with Gasteiger partial charge in [0.15, 0.2) is 0 Å². The van der Waals surface area contributed by atoms with Crippen LogP contribution < -0.4 is 5.73 Å². The summed E-state index contributed by atoms with van der Waals surface area (Å²) in [5.74, 6) is 0.0892. The molecule has 1 saturated carbocycles. The molecule has 4 rings (SSSR count). The molecule has 0 bridgehead atoms. The highest BCUT2D eigenvalue weighted by Crippen LogP contribution is 2.37. The van der Waals surface area contributed by atoms with Crippen LogP contribution in [0, 0.1) is 11.3 Å². The summed E-state index contributed by atoms with van der Waals surface area (Å²) in [6.07, 6.45) is 6.75. The van der Waals surface area contributed by atoms with Crippen molar-refractivity contribution in [2.45, 2.75) is 44.9 Å². The summed E-state index contributed by atoms with van der Waals surface area (Å²) in [6, 6.07) is 10.5. The zero-order valence-corrected chi connectivity index (χ0v) is 17.0. The molecule has 2 amide bonds. The highest BCUT2D eigenvalue weighted by Gasteiger charge is 2.45. The predicted octanol–water partition coefficient (Wildman–Crippen LogP) is 4.24. The van der Waals surface area contributed by atoms with Crippen LogP contribution in [0.25, 0.3) is 11.1 Å². The van der Waals surface area contributed by atoms with Crippen molar-refractivity contribution in [3.8, 4) is 11.1 Å². The Kier molecular flexibility index (Phi) is 5.54. The van der Waals surface area contributed by atoms with E-state index in [1.54, 1.807) is 11.3 Å². The summed E-state index contributed by atoms with van der Waals surface area (Å²) in [4.78, 5) is 27.2. The van der Waals surface area contributed by atoms with E-state index in [9.17, 15) is 9.59 Å². The largest absolute Gasteiger partial charge is 0.369 e. The van der Waals surface area contributed by atoms with Crippen LogP contribution >= 0.6 is 11.3 Å². The minimum absolute atomic E-state index is 0.141. The van der Waals surface area contributed by atoms with Gasteiger partial charge in [-0.2, -0.15) is 11.3 Å². The average Bonchev–Trinajstić information content (AvgIpc) is 3.40. The van der Waals surface area contributed by atoms with E-state index in [0.29, 0.717) is 25.9 Å². The Bertz CT molecular complexity index is 825. The van der Waals surface area contributed by atoms with Crippen LogP contribution in [-0.2, 0) is 16.0 Å². The second-order valence-electron chi connectivity index (χ2n) is 8.38. The van der Waals surface area contributed by atoms with Gasteiger partial charge in [0, 0.05) is 19.0 Å². The van der Waals surface area contributed by atoms with Crippen LogP contribution in [0.4, 0.5) is 0 Å². The SMILES string of the molecule is NC(=O)[C@@]1(Cc2ccc(-c3ccsc3)cc2)CCN(C(=O)C2CCCCC2)C1. The van der Waals surface area contributed by atoms with Crippen LogP contribution in [0.3, 0.4) is 0 Å². The summed E-state index contributed by atoms with van der Waals surface area (Å²) < 4.78 is 0. The fourth-order valence-electron chi connectivity index (χ4n) is 4.74. The standard InChI is InChI=1S/C23H28N2O2S/c24-22(27)23(11-12-25(16-23)21(26)19-4-2-1-3-5-19)14-17-6-8-18(9-7-17)20-10-13-28-15-20/h6-10,13,15,19H,1-5,11-12,14,16H2,(H2,24,27)/t23-/m1/s1. The van der Waals surface area contributed by atoms with Gasteiger partial charge in [0.05, 0.1) is 5.41 Å². The second kappa shape index (κ2) is 8.08. The molecule has 148 valence electrons. The van der Waals surface area contributed by atoms with Crippen molar-refractivity contribution in [1.29, 1.82) is 0 Å². The van der Waals surface area contributed by atoms with Crippen molar-refractivity contribution >= 4 is 23.2 Å². The maximum atomic E-state index is 12.9. The van der Waals surface area contributed by atoms with Crippen molar-refractivity contribution in [2.24, 2.45) is 17.1 Å². The van der Waals surface area contributed by atoms with Crippen molar-refractivity contribution in [1.82, 2.24) is 4.90 Å². The first-order chi connectivity index (χ1) is 13.6. The van der Waals surface area contributed by atoms with Crippen LogP contribution in [0.15, 0.2) is 41.1 Å². The molecule has 1 aliphatic carbocycles. The number of hydrogen-bond donors (Lipinski definition) is 1. The fraction of sp³-hybridized carbons (Fsp3) is 0.478. The number of likely N-dealkylation sites (tertiary alicyclic amines) is 1. The third-order valence-electron chi connectivity index (χ3n) is 6.49. The molecule has 2 N–H and O–H groups in total. The lowest BCUT2D eigenvalue weighted by atomic mass is 9.80. The molecule has 0 spiro atoms. The van der Waals surface area contributed by atoms with Crippen molar-refractivity contribution in [3.05, 3.63) is 46.7 Å².